The number of aromatic nitrogens is 9. The van der Waals surface area contributed by atoms with E-state index in [2.05, 4.69) is 101 Å². The average Bonchev–Trinajstić information content (AvgIpc) is 1.77. The molecule has 9 aromatic heterocycles. The van der Waals surface area contributed by atoms with Crippen molar-refractivity contribution in [2.75, 3.05) is 0 Å². The molecular formula is C96H197N11O4S4. The van der Waals surface area contributed by atoms with E-state index < -0.39 is 0 Å². The van der Waals surface area contributed by atoms with Gasteiger partial charge in [0.2, 0.25) is 0 Å². The van der Waals surface area contributed by atoms with Crippen molar-refractivity contribution in [3.05, 3.63) is 263 Å². The van der Waals surface area contributed by atoms with Gasteiger partial charge in [-0.2, -0.15) is 16.4 Å². The number of furan rings is 1. The third-order valence-corrected chi connectivity index (χ3v) is 9.21. The van der Waals surface area contributed by atoms with Gasteiger partial charge in [-0.05, 0) is 115 Å². The van der Waals surface area contributed by atoms with Crippen LogP contribution in [-0.4, -0.2) is 50.9 Å². The number of aromatic amines is 3. The maximum absolute atomic E-state index is 4.75. The monoisotopic (exact) mass is 1700 g/mol. The van der Waals surface area contributed by atoms with Crippen LogP contribution in [0, 0.1) is 6.92 Å². The van der Waals surface area contributed by atoms with Crippen LogP contribution in [-0.2, 0) is 4.74 Å². The van der Waals surface area contributed by atoms with E-state index in [4.69, 9.17) is 4.74 Å². The molecule has 4 aliphatic rings. The lowest BCUT2D eigenvalue weighted by Crippen LogP contribution is -1.67. The van der Waals surface area contributed by atoms with E-state index in [0.29, 0.717) is 0 Å². The lowest BCUT2D eigenvalue weighted by Gasteiger charge is -1.82. The summed E-state index contributed by atoms with van der Waals surface area (Å²) in [4.78, 5) is 23.2. The van der Waals surface area contributed by atoms with Crippen LogP contribution in [0.2, 0.25) is 0 Å². The Labute approximate surface area is 736 Å². The minimum atomic E-state index is 1.09. The fourth-order valence-electron chi connectivity index (χ4n) is 2.89. The van der Waals surface area contributed by atoms with E-state index in [1.165, 1.54) is 45.8 Å². The number of benzene rings is 1. The van der Waals surface area contributed by atoms with Crippen molar-refractivity contribution in [1.82, 2.24) is 50.0 Å². The number of nitrogens with zero attached hydrogens (tertiary/aromatic N) is 7. The van der Waals surface area contributed by atoms with Crippen molar-refractivity contribution in [2.24, 2.45) is 4.99 Å². The Morgan fingerprint density at radius 2 is 0.748 bits per heavy atom. The highest BCUT2D eigenvalue weighted by atomic mass is 32.2. The van der Waals surface area contributed by atoms with E-state index in [1.807, 2.05) is 463 Å². The van der Waals surface area contributed by atoms with Gasteiger partial charge in [0, 0.05) is 85.1 Å². The quantitative estimate of drug-likeness (QED) is 0.112. The average molecular weight is 1700 g/mol. The molecule has 115 heavy (non-hydrogen) atoms. The predicted octanol–water partition coefficient (Wildman–Crippen LogP) is 38.0. The second-order valence-corrected chi connectivity index (χ2v) is 15.6. The summed E-state index contributed by atoms with van der Waals surface area (Å²) >= 11 is 6.66. The molecule has 14 rings (SSSR count). The first-order valence-electron chi connectivity index (χ1n) is 43.5. The number of rotatable bonds is 0. The molecule has 0 bridgehead atoms. The predicted molar refractivity (Wildman–Crippen MR) is 546 cm³/mol. The summed E-state index contributed by atoms with van der Waals surface area (Å²) in [6.45, 7) is 102. The molecule has 0 amide bonds. The van der Waals surface area contributed by atoms with E-state index in [0.717, 1.165) is 11.5 Å². The molecule has 1 aromatic carbocycles. The molecule has 0 unspecified atom stereocenters. The number of imidazole rings is 1. The molecule has 684 valence electrons. The lowest BCUT2D eigenvalue weighted by atomic mass is 10.2. The van der Waals surface area contributed by atoms with Crippen LogP contribution in [0.5, 0.6) is 0 Å². The second-order valence-electron chi connectivity index (χ2n) is 11.9. The van der Waals surface area contributed by atoms with Crippen LogP contribution < -0.4 is 5.32 Å². The summed E-state index contributed by atoms with van der Waals surface area (Å²) in [6.07, 6.45) is 35.8. The highest BCUT2D eigenvalue weighted by molar-refractivity contribution is 8.13. The van der Waals surface area contributed by atoms with Crippen LogP contribution >= 0.6 is 46.0 Å². The van der Waals surface area contributed by atoms with Gasteiger partial charge in [-0.1, -0.05) is 383 Å². The second kappa shape index (κ2) is 268. The molecule has 0 saturated carbocycles. The fourth-order valence-corrected chi connectivity index (χ4v) is 4.46. The van der Waals surface area contributed by atoms with Crippen molar-refractivity contribution < 1.29 is 18.1 Å². The number of hydrogen-bond donors (Lipinski definition) is 4. The number of ether oxygens (including phenoxy) is 1. The topological polar surface area (TPSA) is 211 Å². The zero-order chi connectivity index (χ0) is 95.6. The fraction of sp³-hybridized carbons (Fsp3) is 0.531. The first-order chi connectivity index (χ1) is 57.0. The van der Waals surface area contributed by atoms with Gasteiger partial charge < -0.3 is 33.4 Å². The van der Waals surface area contributed by atoms with E-state index in [-0.39, 0.29) is 0 Å². The van der Waals surface area contributed by atoms with Crippen LogP contribution in [0.15, 0.2) is 276 Å². The Balaban J connectivity index is -0.0000000364. The van der Waals surface area contributed by atoms with E-state index in [1.54, 1.807) is 115 Å². The van der Waals surface area contributed by atoms with Gasteiger partial charge in [-0.3, -0.25) is 15.1 Å². The summed E-state index contributed by atoms with van der Waals surface area (Å²) in [5, 5.41) is 20.2. The molecular weight excluding hydrogens is 1500 g/mol. The summed E-state index contributed by atoms with van der Waals surface area (Å²) < 4.78 is 21.9. The third kappa shape index (κ3) is 298. The van der Waals surface area contributed by atoms with Crippen LogP contribution in [0.3, 0.4) is 0 Å². The standard InChI is InChI=1S/C7H8.C4H5N.C4H6O.C4H4O.C4H6S.C4H4S.2C3H4N2.2C3H3NO.2C3H3NS.C3H3N.C2H3N.23C2H6/c1-7-5-3-2-4-6-7;1-2-4-5-3-1;1-3-4(2)5-3;1-2-4-5-3-1;1-3-4(2)5-3;1-2-4-5-3-1;1-2-5-3-4-1;1-2-4-5-3-1;1-2-5-3-4-1;1-2-4-5-3-1;1-2-5-3-4-1;1-2-4-5-3-1;1-2-4-3-1;1-2-3-1;23*1-2/h2-6H,1H3;1-5H;1-2H3;1-4H;1-2H3;1-4H;2*1-3H,(H,4,5);4*1-3H;1-3H;1-3H;23*1-2H3. The summed E-state index contributed by atoms with van der Waals surface area (Å²) in [5.74, 6) is 2.18. The Morgan fingerprint density at radius 1 is 0.339 bits per heavy atom. The number of H-pyrrole nitrogens is 3. The van der Waals surface area contributed by atoms with Gasteiger partial charge >= 0.3 is 0 Å². The Kier molecular flexibility index (Phi) is 398. The SMILES string of the molecule is C1=CN1.C1=CN=C1.CC.CC.CC.CC.CC.CC.CC.CC.CC.CC.CC.CC.CC.CC.CC.CC.CC.CC.CC.CC.CC.CC.CC.CC1=C(C)O1.CC1=C(C)S1.Cc1ccccc1.c1c[nH]cn1.c1cc[nH]c1.c1ccoc1.c1ccsc1.c1cn[nH]c1.c1cnoc1.c1cnsc1.c1cocn1.c1cscn1. The first kappa shape index (κ1) is 171. The molecule has 4 aliphatic heterocycles. The van der Waals surface area contributed by atoms with Gasteiger partial charge in [-0.25, -0.2) is 14.3 Å². The number of allylic oxidation sites excluding steroid dienone is 5. The van der Waals surface area contributed by atoms with Crippen LogP contribution in [0.1, 0.15) is 352 Å². The number of nitrogens with one attached hydrogen (secondary N) is 4. The van der Waals surface area contributed by atoms with Gasteiger partial charge in [0.05, 0.1) is 36.8 Å². The van der Waals surface area contributed by atoms with Crippen molar-refractivity contribution in [3.8, 4) is 0 Å². The number of aliphatic imine (C=N–C) groups is 1. The molecule has 4 N–H and O–H groups in total. The van der Waals surface area contributed by atoms with Crippen LogP contribution in [0.4, 0.5) is 0 Å². The largest absolute Gasteiger partial charge is 0.473 e. The van der Waals surface area contributed by atoms with Crippen molar-refractivity contribution in [2.45, 2.75) is 353 Å². The van der Waals surface area contributed by atoms with Crippen LogP contribution in [0.25, 0.3) is 0 Å². The van der Waals surface area contributed by atoms with E-state index >= 15 is 0 Å². The molecule has 0 saturated heterocycles. The van der Waals surface area contributed by atoms with Crippen molar-refractivity contribution in [3.63, 3.8) is 0 Å². The lowest BCUT2D eigenvalue weighted by molar-refractivity contribution is 0.420. The summed E-state index contributed by atoms with van der Waals surface area (Å²) in [7, 11) is 0. The molecule has 13 heterocycles. The van der Waals surface area contributed by atoms with Gasteiger partial charge in [0.15, 0.2) is 6.39 Å². The zero-order valence-corrected chi connectivity index (χ0v) is 88.3. The Hall–Kier alpha value is -7.84. The number of oxazole rings is 1. The minimum absolute atomic E-state index is 1.09. The molecule has 0 radical (unpaired) electrons. The zero-order valence-electron chi connectivity index (χ0n) is 85.0. The third-order valence-electron chi connectivity index (χ3n) is 6.52. The summed E-state index contributed by atoms with van der Waals surface area (Å²) in [5.41, 5.74) is 3.11. The van der Waals surface area contributed by atoms with Gasteiger partial charge in [0.25, 0.3) is 0 Å². The molecule has 0 atom stereocenters. The summed E-state index contributed by atoms with van der Waals surface area (Å²) in [6, 6.07) is 27.3. The normalized spacial score (nSPS) is 7.54. The minimum Gasteiger partial charge on any atom is -0.473 e. The van der Waals surface area contributed by atoms with Gasteiger partial charge in [-0.15, -0.1) is 11.3 Å². The maximum atomic E-state index is 4.75. The number of thioether (sulfide) groups is 1. The number of aryl methyl sites for hydroxylation is 1. The van der Waals surface area contributed by atoms with Gasteiger partial charge in [0.1, 0.15) is 24.0 Å². The number of hydrogen-bond acceptors (Lipinski definition) is 16. The van der Waals surface area contributed by atoms with Crippen molar-refractivity contribution >= 4 is 52.2 Å². The smallest absolute Gasteiger partial charge is 0.180 e. The molecule has 19 heteroatoms. The Bertz CT molecular complexity index is 1880. The molecule has 0 aliphatic carbocycles. The maximum Gasteiger partial charge on any atom is 0.180 e. The first-order valence-corrected chi connectivity index (χ1v) is 47.1. The molecule has 10 aromatic rings. The number of thiophene rings is 1. The Morgan fingerprint density at radius 3 is 0.843 bits per heavy atom. The number of thiazole rings is 1. The van der Waals surface area contributed by atoms with E-state index in [9.17, 15) is 0 Å². The molecule has 0 spiro atoms. The molecule has 0 fully saturated rings. The highest BCUT2D eigenvalue weighted by Gasteiger charge is 2.11. The van der Waals surface area contributed by atoms with Crippen molar-refractivity contribution in [1.29, 1.82) is 0 Å². The highest BCUT2D eigenvalue weighted by Crippen LogP contribution is 2.43. The molecule has 15 nitrogen and oxygen atoms in total.